The molecule has 0 aliphatic carbocycles. The Morgan fingerprint density at radius 3 is 2.30 bits per heavy atom. The van der Waals surface area contributed by atoms with Crippen LogP contribution in [0.5, 0.6) is 5.75 Å². The molecule has 0 aliphatic heterocycles. The van der Waals surface area contributed by atoms with Crippen LogP contribution in [0.15, 0.2) is 54.6 Å². The molecule has 1 atom stereocenters. The number of methoxy groups -OCH3 is 1. The standard InChI is InChI=1S/C18H19NO4/c1-13(23-16-6-4-3-5-7-16)17(20)19-12-14-8-10-15(11-9-14)18(21)22-2/h3-11,13H,12H2,1-2H3,(H,19,20)/t13-/m0/s1. The predicted octanol–water partition coefficient (Wildman–Crippen LogP) is 2.56. The smallest absolute Gasteiger partial charge is 0.337 e. The van der Waals surface area contributed by atoms with Gasteiger partial charge in [0.2, 0.25) is 0 Å². The Labute approximate surface area is 135 Å². The number of carbonyl (C=O) groups is 2. The van der Waals surface area contributed by atoms with Gasteiger partial charge in [0.15, 0.2) is 6.10 Å². The molecule has 2 aromatic rings. The lowest BCUT2D eigenvalue weighted by Gasteiger charge is -2.14. The summed E-state index contributed by atoms with van der Waals surface area (Å²) < 4.78 is 10.2. The Hall–Kier alpha value is -2.82. The van der Waals surface area contributed by atoms with E-state index in [-0.39, 0.29) is 11.9 Å². The zero-order valence-corrected chi connectivity index (χ0v) is 13.1. The molecular formula is C18H19NO4. The van der Waals surface area contributed by atoms with Gasteiger partial charge < -0.3 is 14.8 Å². The topological polar surface area (TPSA) is 64.6 Å². The number of hydrogen-bond acceptors (Lipinski definition) is 4. The SMILES string of the molecule is COC(=O)c1ccc(CNC(=O)[C@H](C)Oc2ccccc2)cc1. The van der Waals surface area contributed by atoms with Gasteiger partial charge in [0.05, 0.1) is 12.7 Å². The summed E-state index contributed by atoms with van der Waals surface area (Å²) in [6, 6.07) is 16.1. The molecule has 0 saturated heterocycles. The minimum atomic E-state index is -0.591. The Kier molecular flexibility index (Phi) is 5.74. The van der Waals surface area contributed by atoms with Gasteiger partial charge in [-0.05, 0) is 36.8 Å². The normalized spacial score (nSPS) is 11.4. The van der Waals surface area contributed by atoms with Crippen LogP contribution in [0.2, 0.25) is 0 Å². The van der Waals surface area contributed by atoms with E-state index in [4.69, 9.17) is 4.74 Å². The molecule has 0 unspecified atom stereocenters. The molecule has 0 aromatic heterocycles. The average Bonchev–Trinajstić information content (AvgIpc) is 2.60. The molecule has 120 valence electrons. The van der Waals surface area contributed by atoms with Gasteiger partial charge in [0.25, 0.3) is 5.91 Å². The van der Waals surface area contributed by atoms with Crippen molar-refractivity contribution in [3.05, 3.63) is 65.7 Å². The summed E-state index contributed by atoms with van der Waals surface area (Å²) in [5.41, 5.74) is 1.36. The number of ether oxygens (including phenoxy) is 2. The van der Waals surface area contributed by atoms with E-state index < -0.39 is 6.10 Å². The Morgan fingerprint density at radius 1 is 1.04 bits per heavy atom. The second-order valence-electron chi connectivity index (χ2n) is 4.98. The van der Waals surface area contributed by atoms with Gasteiger partial charge in [-0.3, -0.25) is 4.79 Å². The molecule has 5 nitrogen and oxygen atoms in total. The summed E-state index contributed by atoms with van der Waals surface area (Å²) in [6.45, 7) is 2.06. The Bertz CT molecular complexity index is 652. The number of nitrogens with one attached hydrogen (secondary N) is 1. The first-order valence-electron chi connectivity index (χ1n) is 7.27. The highest BCUT2D eigenvalue weighted by Crippen LogP contribution is 2.11. The highest BCUT2D eigenvalue weighted by Gasteiger charge is 2.14. The highest BCUT2D eigenvalue weighted by atomic mass is 16.5. The van der Waals surface area contributed by atoms with E-state index in [0.29, 0.717) is 17.9 Å². The number of esters is 1. The molecule has 1 N–H and O–H groups in total. The minimum Gasteiger partial charge on any atom is -0.481 e. The van der Waals surface area contributed by atoms with E-state index in [1.54, 1.807) is 43.3 Å². The van der Waals surface area contributed by atoms with E-state index in [0.717, 1.165) is 5.56 Å². The number of rotatable bonds is 6. The third kappa shape index (κ3) is 4.85. The number of amides is 1. The van der Waals surface area contributed by atoms with Crippen LogP contribution in [0.1, 0.15) is 22.8 Å². The lowest BCUT2D eigenvalue weighted by Crippen LogP contribution is -2.35. The maximum atomic E-state index is 12.0. The van der Waals surface area contributed by atoms with Crippen LogP contribution in [-0.2, 0) is 16.1 Å². The summed E-state index contributed by atoms with van der Waals surface area (Å²) in [6.07, 6.45) is -0.591. The number of para-hydroxylation sites is 1. The number of benzene rings is 2. The van der Waals surface area contributed by atoms with Gasteiger partial charge in [0, 0.05) is 6.54 Å². The fourth-order valence-corrected chi connectivity index (χ4v) is 1.97. The van der Waals surface area contributed by atoms with Crippen molar-refractivity contribution in [3.8, 4) is 5.75 Å². The van der Waals surface area contributed by atoms with Crippen molar-refractivity contribution in [2.24, 2.45) is 0 Å². The maximum absolute atomic E-state index is 12.0. The molecule has 23 heavy (non-hydrogen) atoms. The van der Waals surface area contributed by atoms with E-state index in [1.807, 2.05) is 18.2 Å². The second kappa shape index (κ2) is 7.98. The molecule has 0 fully saturated rings. The third-order valence-corrected chi connectivity index (χ3v) is 3.27. The van der Waals surface area contributed by atoms with Crippen molar-refractivity contribution in [3.63, 3.8) is 0 Å². The van der Waals surface area contributed by atoms with Crippen LogP contribution in [0, 0.1) is 0 Å². The van der Waals surface area contributed by atoms with Crippen LogP contribution in [0.25, 0.3) is 0 Å². The van der Waals surface area contributed by atoms with Crippen molar-refractivity contribution in [1.29, 1.82) is 0 Å². The average molecular weight is 313 g/mol. The molecule has 5 heteroatoms. The predicted molar refractivity (Wildman–Crippen MR) is 86.2 cm³/mol. The molecule has 0 radical (unpaired) electrons. The van der Waals surface area contributed by atoms with Gasteiger partial charge >= 0.3 is 5.97 Å². The zero-order valence-electron chi connectivity index (χ0n) is 13.1. The first-order chi connectivity index (χ1) is 11.1. The lowest BCUT2D eigenvalue weighted by molar-refractivity contribution is -0.127. The summed E-state index contributed by atoms with van der Waals surface area (Å²) in [5.74, 6) is 0.0638. The second-order valence-corrected chi connectivity index (χ2v) is 4.98. The van der Waals surface area contributed by atoms with E-state index in [9.17, 15) is 9.59 Å². The van der Waals surface area contributed by atoms with Gasteiger partial charge in [-0.25, -0.2) is 4.79 Å². The zero-order chi connectivity index (χ0) is 16.7. The largest absolute Gasteiger partial charge is 0.481 e. The van der Waals surface area contributed by atoms with Gasteiger partial charge in [-0.2, -0.15) is 0 Å². The van der Waals surface area contributed by atoms with E-state index in [1.165, 1.54) is 7.11 Å². The van der Waals surface area contributed by atoms with Crippen molar-refractivity contribution in [2.45, 2.75) is 19.6 Å². The van der Waals surface area contributed by atoms with Gasteiger partial charge in [-0.15, -0.1) is 0 Å². The maximum Gasteiger partial charge on any atom is 0.337 e. The molecule has 1 amide bonds. The lowest BCUT2D eigenvalue weighted by atomic mass is 10.1. The summed E-state index contributed by atoms with van der Waals surface area (Å²) >= 11 is 0. The van der Waals surface area contributed by atoms with Crippen LogP contribution in [-0.4, -0.2) is 25.1 Å². The summed E-state index contributed by atoms with van der Waals surface area (Å²) in [5, 5.41) is 2.80. The van der Waals surface area contributed by atoms with Crippen LogP contribution >= 0.6 is 0 Å². The van der Waals surface area contributed by atoms with Crippen LogP contribution < -0.4 is 10.1 Å². The fraction of sp³-hybridized carbons (Fsp3) is 0.222. The summed E-state index contributed by atoms with van der Waals surface area (Å²) in [4.78, 5) is 23.4. The highest BCUT2D eigenvalue weighted by molar-refractivity contribution is 5.89. The fourth-order valence-electron chi connectivity index (χ4n) is 1.97. The minimum absolute atomic E-state index is 0.203. The quantitative estimate of drug-likeness (QED) is 0.833. The molecule has 2 aromatic carbocycles. The summed E-state index contributed by atoms with van der Waals surface area (Å²) in [7, 11) is 1.34. The molecule has 0 aliphatic rings. The van der Waals surface area contributed by atoms with Gasteiger partial charge in [0.1, 0.15) is 5.75 Å². The van der Waals surface area contributed by atoms with E-state index in [2.05, 4.69) is 10.1 Å². The Balaban J connectivity index is 1.85. The third-order valence-electron chi connectivity index (χ3n) is 3.27. The number of hydrogen-bond donors (Lipinski definition) is 1. The van der Waals surface area contributed by atoms with Crippen LogP contribution in [0.3, 0.4) is 0 Å². The monoisotopic (exact) mass is 313 g/mol. The van der Waals surface area contributed by atoms with Crippen molar-refractivity contribution in [1.82, 2.24) is 5.32 Å². The van der Waals surface area contributed by atoms with E-state index >= 15 is 0 Å². The van der Waals surface area contributed by atoms with Crippen molar-refractivity contribution < 1.29 is 19.1 Å². The first kappa shape index (κ1) is 16.5. The van der Waals surface area contributed by atoms with Crippen molar-refractivity contribution in [2.75, 3.05) is 7.11 Å². The molecular weight excluding hydrogens is 294 g/mol. The molecule has 0 saturated carbocycles. The Morgan fingerprint density at radius 2 is 1.70 bits per heavy atom. The first-order valence-corrected chi connectivity index (χ1v) is 7.27. The molecule has 0 spiro atoms. The molecule has 2 rings (SSSR count). The van der Waals surface area contributed by atoms with Gasteiger partial charge in [-0.1, -0.05) is 30.3 Å². The molecule has 0 heterocycles. The van der Waals surface area contributed by atoms with Crippen molar-refractivity contribution >= 4 is 11.9 Å². The molecule has 0 bridgehead atoms. The number of carbonyl (C=O) groups excluding carboxylic acids is 2. The van der Waals surface area contributed by atoms with Crippen LogP contribution in [0.4, 0.5) is 0 Å².